The van der Waals surface area contributed by atoms with E-state index in [0.717, 1.165) is 12.0 Å². The smallest absolute Gasteiger partial charge is 0.475 e. The van der Waals surface area contributed by atoms with Gasteiger partial charge in [-0.1, -0.05) is 26.3 Å². The molecule has 1 aromatic heterocycles. The Hall–Kier alpha value is -2.16. The second-order valence-electron chi connectivity index (χ2n) is 4.79. The number of amides is 1. The van der Waals surface area contributed by atoms with E-state index in [0.29, 0.717) is 6.54 Å². The molecule has 4 N–H and O–H groups in total. The average Bonchev–Trinajstić information content (AvgIpc) is 2.51. The first kappa shape index (κ1) is 20.8. The van der Waals surface area contributed by atoms with Gasteiger partial charge in [0.05, 0.1) is 6.04 Å². The zero-order chi connectivity index (χ0) is 18.0. The predicted molar refractivity (Wildman–Crippen MR) is 77.2 cm³/mol. The first-order chi connectivity index (χ1) is 10.6. The van der Waals surface area contributed by atoms with Crippen molar-refractivity contribution in [3.63, 3.8) is 0 Å². The van der Waals surface area contributed by atoms with E-state index in [1.807, 2.05) is 26.0 Å². The van der Waals surface area contributed by atoms with Crippen LogP contribution in [0.4, 0.5) is 13.2 Å². The highest BCUT2D eigenvalue weighted by molar-refractivity contribution is 5.81. The van der Waals surface area contributed by atoms with E-state index in [1.54, 1.807) is 12.4 Å². The summed E-state index contributed by atoms with van der Waals surface area (Å²) in [4.78, 5) is 24.5. The number of nitrogens with zero attached hydrogens (tertiary/aromatic N) is 1. The normalized spacial score (nSPS) is 13.3. The molecular formula is C14H20F3N3O3. The minimum absolute atomic E-state index is 0.0989. The molecule has 0 bridgehead atoms. The minimum atomic E-state index is -5.08. The molecule has 23 heavy (non-hydrogen) atoms. The number of hydrogen-bond donors (Lipinski definition) is 3. The standard InChI is InChI=1S/C12H19N3O.C2HF3O2/c1-3-9(2)11(13)12(16)15-8-10-5-4-6-14-7-10;3-2(4,5)1(6)7/h4-7,9,11H,3,8,13H2,1-2H3,(H,15,16);(H,6,7)/t9-,11-;/m0./s1. The fourth-order valence-electron chi connectivity index (χ4n) is 1.32. The van der Waals surface area contributed by atoms with Gasteiger partial charge in [-0.3, -0.25) is 9.78 Å². The quantitative estimate of drug-likeness (QED) is 0.759. The molecule has 9 heteroatoms. The van der Waals surface area contributed by atoms with E-state index in [-0.39, 0.29) is 11.8 Å². The number of carboxylic acids is 1. The summed E-state index contributed by atoms with van der Waals surface area (Å²) < 4.78 is 31.7. The Labute approximate surface area is 131 Å². The van der Waals surface area contributed by atoms with Crippen molar-refractivity contribution >= 4 is 11.9 Å². The van der Waals surface area contributed by atoms with Crippen LogP contribution in [0.25, 0.3) is 0 Å². The lowest BCUT2D eigenvalue weighted by Crippen LogP contribution is -2.44. The number of carbonyl (C=O) groups is 2. The molecule has 0 spiro atoms. The van der Waals surface area contributed by atoms with Gasteiger partial charge < -0.3 is 16.2 Å². The van der Waals surface area contributed by atoms with Gasteiger partial charge in [0.2, 0.25) is 5.91 Å². The van der Waals surface area contributed by atoms with E-state index in [4.69, 9.17) is 15.6 Å². The fourth-order valence-corrected chi connectivity index (χ4v) is 1.32. The molecule has 6 nitrogen and oxygen atoms in total. The van der Waals surface area contributed by atoms with Crippen LogP contribution in [-0.2, 0) is 16.1 Å². The highest BCUT2D eigenvalue weighted by Crippen LogP contribution is 2.13. The summed E-state index contributed by atoms with van der Waals surface area (Å²) in [6, 6.07) is 3.33. The van der Waals surface area contributed by atoms with E-state index >= 15 is 0 Å². The minimum Gasteiger partial charge on any atom is -0.475 e. The molecular weight excluding hydrogens is 315 g/mol. The first-order valence-electron chi connectivity index (χ1n) is 6.81. The van der Waals surface area contributed by atoms with E-state index in [1.165, 1.54) is 0 Å². The average molecular weight is 335 g/mol. The van der Waals surface area contributed by atoms with Crippen LogP contribution in [0.1, 0.15) is 25.8 Å². The van der Waals surface area contributed by atoms with E-state index in [9.17, 15) is 18.0 Å². The number of nitrogens with two attached hydrogens (primary N) is 1. The number of halogens is 3. The van der Waals surface area contributed by atoms with E-state index in [2.05, 4.69) is 10.3 Å². The number of rotatable bonds is 5. The maximum atomic E-state index is 11.7. The lowest BCUT2D eigenvalue weighted by atomic mass is 9.99. The highest BCUT2D eigenvalue weighted by atomic mass is 19.4. The van der Waals surface area contributed by atoms with Crippen molar-refractivity contribution < 1.29 is 27.9 Å². The number of carbonyl (C=O) groups excluding carboxylic acids is 1. The van der Waals surface area contributed by atoms with Crippen molar-refractivity contribution in [1.82, 2.24) is 10.3 Å². The Morgan fingerprint density at radius 1 is 1.43 bits per heavy atom. The number of hydrogen-bond acceptors (Lipinski definition) is 4. The second-order valence-corrected chi connectivity index (χ2v) is 4.79. The molecule has 1 aromatic rings. The Morgan fingerprint density at radius 3 is 2.39 bits per heavy atom. The molecule has 1 rings (SSSR count). The van der Waals surface area contributed by atoms with Crippen molar-refractivity contribution in [3.8, 4) is 0 Å². The molecule has 1 heterocycles. The van der Waals surface area contributed by atoms with Gasteiger partial charge in [0.15, 0.2) is 0 Å². The summed E-state index contributed by atoms with van der Waals surface area (Å²) in [5, 5.41) is 9.94. The monoisotopic (exact) mass is 335 g/mol. The Morgan fingerprint density at radius 2 is 2.00 bits per heavy atom. The number of aromatic nitrogens is 1. The Bertz CT molecular complexity index is 495. The molecule has 0 aromatic carbocycles. The molecule has 0 saturated carbocycles. The molecule has 0 unspecified atom stereocenters. The summed E-state index contributed by atoms with van der Waals surface area (Å²) in [5.41, 5.74) is 6.79. The lowest BCUT2D eigenvalue weighted by molar-refractivity contribution is -0.192. The first-order valence-corrected chi connectivity index (χ1v) is 6.81. The van der Waals surface area contributed by atoms with Gasteiger partial charge >= 0.3 is 12.1 Å². The summed E-state index contributed by atoms with van der Waals surface area (Å²) in [6.07, 6.45) is -0.743. The number of carboxylic acid groups (broad SMARTS) is 1. The molecule has 0 fully saturated rings. The van der Waals surface area contributed by atoms with Crippen LogP contribution < -0.4 is 11.1 Å². The Balaban J connectivity index is 0.000000585. The van der Waals surface area contributed by atoms with Gasteiger partial charge in [0.25, 0.3) is 0 Å². The molecule has 2 atom stereocenters. The molecule has 1 amide bonds. The van der Waals surface area contributed by atoms with Crippen LogP contribution in [0.5, 0.6) is 0 Å². The van der Waals surface area contributed by atoms with Gasteiger partial charge in [-0.15, -0.1) is 0 Å². The predicted octanol–water partition coefficient (Wildman–Crippen LogP) is 1.70. The van der Waals surface area contributed by atoms with Crippen LogP contribution in [0.15, 0.2) is 24.5 Å². The topological polar surface area (TPSA) is 105 Å². The van der Waals surface area contributed by atoms with Gasteiger partial charge in [-0.2, -0.15) is 13.2 Å². The van der Waals surface area contributed by atoms with Crippen LogP contribution in [0.2, 0.25) is 0 Å². The number of nitrogens with one attached hydrogen (secondary N) is 1. The zero-order valence-corrected chi connectivity index (χ0v) is 12.8. The molecule has 0 aliphatic carbocycles. The van der Waals surface area contributed by atoms with Gasteiger partial charge in [0, 0.05) is 18.9 Å². The van der Waals surface area contributed by atoms with Gasteiger partial charge in [0.1, 0.15) is 0 Å². The van der Waals surface area contributed by atoms with E-state index < -0.39 is 18.2 Å². The zero-order valence-electron chi connectivity index (χ0n) is 12.8. The maximum Gasteiger partial charge on any atom is 0.490 e. The summed E-state index contributed by atoms with van der Waals surface area (Å²) in [6.45, 7) is 4.49. The second kappa shape index (κ2) is 9.78. The molecule has 0 radical (unpaired) electrons. The van der Waals surface area contributed by atoms with Crippen molar-refractivity contribution in [2.24, 2.45) is 11.7 Å². The summed E-state index contributed by atoms with van der Waals surface area (Å²) in [5.74, 6) is -2.65. The third-order valence-corrected chi connectivity index (χ3v) is 2.99. The van der Waals surface area contributed by atoms with Crippen LogP contribution in [0.3, 0.4) is 0 Å². The molecule has 0 aliphatic rings. The van der Waals surface area contributed by atoms with Crippen molar-refractivity contribution in [1.29, 1.82) is 0 Å². The van der Waals surface area contributed by atoms with Crippen LogP contribution >= 0.6 is 0 Å². The number of aliphatic carboxylic acids is 1. The fraction of sp³-hybridized carbons (Fsp3) is 0.500. The van der Waals surface area contributed by atoms with Crippen molar-refractivity contribution in [2.45, 2.75) is 39.0 Å². The van der Waals surface area contributed by atoms with Crippen LogP contribution in [0, 0.1) is 5.92 Å². The largest absolute Gasteiger partial charge is 0.490 e. The summed E-state index contributed by atoms with van der Waals surface area (Å²) >= 11 is 0. The molecule has 0 saturated heterocycles. The lowest BCUT2D eigenvalue weighted by Gasteiger charge is -2.17. The third-order valence-electron chi connectivity index (χ3n) is 2.99. The number of pyridine rings is 1. The Kier molecular flexibility index (Phi) is 8.86. The van der Waals surface area contributed by atoms with Crippen LogP contribution in [-0.4, -0.2) is 34.2 Å². The van der Waals surface area contributed by atoms with Crippen molar-refractivity contribution in [2.75, 3.05) is 0 Å². The third kappa shape index (κ3) is 8.77. The van der Waals surface area contributed by atoms with Gasteiger partial charge in [-0.05, 0) is 17.5 Å². The molecule has 130 valence electrons. The van der Waals surface area contributed by atoms with Crippen molar-refractivity contribution in [3.05, 3.63) is 30.1 Å². The molecule has 0 aliphatic heterocycles. The SMILES string of the molecule is CC[C@H](C)[C@H](N)C(=O)NCc1cccnc1.O=C(O)C(F)(F)F. The number of alkyl halides is 3. The summed E-state index contributed by atoms with van der Waals surface area (Å²) in [7, 11) is 0. The maximum absolute atomic E-state index is 11.7. The van der Waals surface area contributed by atoms with Gasteiger partial charge in [-0.25, -0.2) is 4.79 Å². The highest BCUT2D eigenvalue weighted by Gasteiger charge is 2.38.